The van der Waals surface area contributed by atoms with Crippen molar-refractivity contribution in [3.05, 3.63) is 0 Å². The Balaban J connectivity index is 1.71. The number of likely N-dealkylation sites (tertiary alicyclic amines) is 1. The fourth-order valence-corrected chi connectivity index (χ4v) is 2.09. The molecular formula is C10H19N3. The molecule has 13 heavy (non-hydrogen) atoms. The first-order valence-corrected chi connectivity index (χ1v) is 5.32. The minimum Gasteiger partial charge on any atom is -0.387 e. The van der Waals surface area contributed by atoms with Crippen molar-refractivity contribution in [3.63, 3.8) is 0 Å². The van der Waals surface area contributed by atoms with Crippen LogP contribution in [0.3, 0.4) is 0 Å². The Labute approximate surface area is 79.8 Å². The van der Waals surface area contributed by atoms with Crippen molar-refractivity contribution >= 4 is 5.84 Å². The van der Waals surface area contributed by atoms with Crippen LogP contribution in [-0.2, 0) is 0 Å². The van der Waals surface area contributed by atoms with Crippen molar-refractivity contribution in [1.29, 1.82) is 5.41 Å². The Kier molecular flexibility index (Phi) is 2.54. The molecule has 1 aliphatic heterocycles. The molecule has 0 amide bonds. The lowest BCUT2D eigenvalue weighted by Gasteiger charge is -2.31. The maximum atomic E-state index is 7.37. The second kappa shape index (κ2) is 3.66. The molecule has 1 aliphatic carbocycles. The molecule has 2 rings (SSSR count). The zero-order chi connectivity index (χ0) is 9.26. The lowest BCUT2D eigenvalue weighted by Crippen LogP contribution is -2.39. The third kappa shape index (κ3) is 2.44. The molecule has 0 aromatic heterocycles. The molecule has 1 heterocycles. The summed E-state index contributed by atoms with van der Waals surface area (Å²) < 4.78 is 0. The number of hydrogen-bond donors (Lipinski definition) is 2. The first kappa shape index (κ1) is 9.00. The van der Waals surface area contributed by atoms with Crippen LogP contribution >= 0.6 is 0 Å². The summed E-state index contributed by atoms with van der Waals surface area (Å²) in [5.74, 6) is 1.76. The highest BCUT2D eigenvalue weighted by molar-refractivity contribution is 5.79. The van der Waals surface area contributed by atoms with Crippen molar-refractivity contribution in [1.82, 2.24) is 4.90 Å². The molecule has 0 atom stereocenters. The first-order chi connectivity index (χ1) is 6.25. The lowest BCUT2D eigenvalue weighted by molar-refractivity contribution is 0.201. The van der Waals surface area contributed by atoms with E-state index in [-0.39, 0.29) is 0 Å². The molecule has 2 fully saturated rings. The average Bonchev–Trinajstić information content (AvgIpc) is 2.89. The van der Waals surface area contributed by atoms with Gasteiger partial charge in [0.25, 0.3) is 0 Å². The van der Waals surface area contributed by atoms with E-state index in [9.17, 15) is 0 Å². The number of nitrogens with one attached hydrogen (secondary N) is 1. The summed E-state index contributed by atoms with van der Waals surface area (Å²) in [6.07, 6.45) is 5.07. The van der Waals surface area contributed by atoms with E-state index in [4.69, 9.17) is 11.1 Å². The van der Waals surface area contributed by atoms with Crippen molar-refractivity contribution in [2.24, 2.45) is 17.6 Å². The molecular weight excluding hydrogens is 162 g/mol. The fourth-order valence-electron chi connectivity index (χ4n) is 2.09. The summed E-state index contributed by atoms with van der Waals surface area (Å²) in [5.41, 5.74) is 5.49. The largest absolute Gasteiger partial charge is 0.387 e. The van der Waals surface area contributed by atoms with E-state index in [1.54, 1.807) is 0 Å². The molecule has 1 saturated heterocycles. The average molecular weight is 181 g/mol. The van der Waals surface area contributed by atoms with Crippen LogP contribution in [-0.4, -0.2) is 30.4 Å². The van der Waals surface area contributed by atoms with Gasteiger partial charge in [-0.25, -0.2) is 0 Å². The molecule has 3 heteroatoms. The van der Waals surface area contributed by atoms with E-state index in [0.717, 1.165) is 31.8 Å². The molecule has 0 bridgehead atoms. The molecule has 1 saturated carbocycles. The van der Waals surface area contributed by atoms with Crippen LogP contribution in [0.15, 0.2) is 0 Å². The third-order valence-electron chi connectivity index (χ3n) is 3.24. The molecule has 0 radical (unpaired) electrons. The zero-order valence-corrected chi connectivity index (χ0v) is 8.13. The second-order valence-corrected chi connectivity index (χ2v) is 4.47. The smallest absolute Gasteiger partial charge is 0.0937 e. The van der Waals surface area contributed by atoms with Crippen LogP contribution in [0.25, 0.3) is 0 Å². The molecule has 2 aliphatic rings. The first-order valence-electron chi connectivity index (χ1n) is 5.32. The van der Waals surface area contributed by atoms with Crippen molar-refractivity contribution in [2.75, 3.05) is 19.6 Å². The van der Waals surface area contributed by atoms with Crippen molar-refractivity contribution < 1.29 is 0 Å². The molecule has 74 valence electrons. The summed E-state index contributed by atoms with van der Waals surface area (Å²) in [5, 5.41) is 7.37. The summed E-state index contributed by atoms with van der Waals surface area (Å²) in [6.45, 7) is 3.60. The Morgan fingerprint density at radius 2 is 1.85 bits per heavy atom. The number of amidine groups is 1. The predicted octanol–water partition coefficient (Wildman–Crippen LogP) is 1.04. The minimum atomic E-state index is 0.371. The van der Waals surface area contributed by atoms with Crippen molar-refractivity contribution in [2.45, 2.75) is 25.7 Å². The monoisotopic (exact) mass is 181 g/mol. The van der Waals surface area contributed by atoms with E-state index in [2.05, 4.69) is 4.90 Å². The number of nitrogens with two attached hydrogens (primary N) is 1. The van der Waals surface area contributed by atoms with Crippen LogP contribution in [0.1, 0.15) is 25.7 Å². The van der Waals surface area contributed by atoms with E-state index in [1.807, 2.05) is 0 Å². The maximum absolute atomic E-state index is 7.37. The minimum absolute atomic E-state index is 0.371. The molecule has 3 N–H and O–H groups in total. The normalized spacial score (nSPS) is 26.2. The number of nitrogens with zero attached hydrogens (tertiary/aromatic N) is 1. The van der Waals surface area contributed by atoms with Crippen molar-refractivity contribution in [3.8, 4) is 0 Å². The number of hydrogen-bond acceptors (Lipinski definition) is 2. The van der Waals surface area contributed by atoms with Gasteiger partial charge in [-0.05, 0) is 44.7 Å². The maximum Gasteiger partial charge on any atom is 0.0937 e. The summed E-state index contributed by atoms with van der Waals surface area (Å²) in [6, 6.07) is 0. The Morgan fingerprint density at radius 1 is 1.23 bits per heavy atom. The summed E-state index contributed by atoms with van der Waals surface area (Å²) in [7, 11) is 0. The molecule has 0 spiro atoms. The molecule has 3 nitrogen and oxygen atoms in total. The standard InChI is InChI=1S/C10H19N3/c11-10(12)9-3-5-13(6-4-9)7-8-1-2-8/h8-9H,1-7H2,(H3,11,12). The lowest BCUT2D eigenvalue weighted by atomic mass is 9.96. The van der Waals surface area contributed by atoms with Gasteiger partial charge in [0, 0.05) is 12.5 Å². The van der Waals surface area contributed by atoms with Gasteiger partial charge in [-0.1, -0.05) is 0 Å². The Hall–Kier alpha value is -0.570. The van der Waals surface area contributed by atoms with E-state index < -0.39 is 0 Å². The number of rotatable bonds is 3. The number of piperidine rings is 1. The SMILES string of the molecule is N=C(N)C1CCN(CC2CC2)CC1. The van der Waals surface area contributed by atoms with Crippen LogP contribution in [0.2, 0.25) is 0 Å². The topological polar surface area (TPSA) is 53.1 Å². The van der Waals surface area contributed by atoms with E-state index in [0.29, 0.717) is 11.8 Å². The molecule has 0 aromatic carbocycles. The second-order valence-electron chi connectivity index (χ2n) is 4.47. The van der Waals surface area contributed by atoms with Crippen LogP contribution in [0.4, 0.5) is 0 Å². The van der Waals surface area contributed by atoms with E-state index in [1.165, 1.54) is 19.4 Å². The van der Waals surface area contributed by atoms with Gasteiger partial charge in [-0.3, -0.25) is 5.41 Å². The van der Waals surface area contributed by atoms with Crippen LogP contribution < -0.4 is 5.73 Å². The van der Waals surface area contributed by atoms with Gasteiger partial charge in [-0.2, -0.15) is 0 Å². The van der Waals surface area contributed by atoms with Gasteiger partial charge < -0.3 is 10.6 Å². The van der Waals surface area contributed by atoms with Gasteiger partial charge in [-0.15, -0.1) is 0 Å². The highest BCUT2D eigenvalue weighted by Gasteiger charge is 2.27. The summed E-state index contributed by atoms with van der Waals surface area (Å²) in [4.78, 5) is 2.54. The fraction of sp³-hybridized carbons (Fsp3) is 0.900. The van der Waals surface area contributed by atoms with E-state index >= 15 is 0 Å². The summed E-state index contributed by atoms with van der Waals surface area (Å²) >= 11 is 0. The van der Waals surface area contributed by atoms with Crippen LogP contribution in [0, 0.1) is 17.2 Å². The van der Waals surface area contributed by atoms with Gasteiger partial charge in [0.1, 0.15) is 0 Å². The van der Waals surface area contributed by atoms with Gasteiger partial charge in [0.15, 0.2) is 0 Å². The highest BCUT2D eigenvalue weighted by atomic mass is 15.1. The van der Waals surface area contributed by atoms with Crippen LogP contribution in [0.5, 0.6) is 0 Å². The Morgan fingerprint density at radius 3 is 2.31 bits per heavy atom. The molecule has 0 aromatic rings. The van der Waals surface area contributed by atoms with Gasteiger partial charge in [0.2, 0.25) is 0 Å². The zero-order valence-electron chi connectivity index (χ0n) is 8.13. The van der Waals surface area contributed by atoms with Gasteiger partial charge >= 0.3 is 0 Å². The molecule has 0 unspecified atom stereocenters. The quantitative estimate of drug-likeness (QED) is 0.505. The highest BCUT2D eigenvalue weighted by Crippen LogP contribution is 2.31. The van der Waals surface area contributed by atoms with Gasteiger partial charge in [0.05, 0.1) is 5.84 Å². The predicted molar refractivity (Wildman–Crippen MR) is 53.8 cm³/mol. The Bertz CT molecular complexity index is 190. The third-order valence-corrected chi connectivity index (χ3v) is 3.24.